The molecular weight excluding hydrogens is 238 g/mol. The van der Waals surface area contributed by atoms with Crippen LogP contribution in [-0.2, 0) is 24.2 Å². The van der Waals surface area contributed by atoms with Gasteiger partial charge in [0.05, 0.1) is 6.42 Å². The molecule has 0 unspecified atom stereocenters. The number of carbonyl (C=O) groups is 1. The minimum Gasteiger partial charge on any atom is -0.481 e. The summed E-state index contributed by atoms with van der Waals surface area (Å²) in [6.07, 6.45) is 7.85. The minimum atomic E-state index is -0.800. The Balaban J connectivity index is 2.34. The van der Waals surface area contributed by atoms with Gasteiger partial charge in [-0.3, -0.25) is 4.79 Å². The third kappa shape index (κ3) is 3.67. The van der Waals surface area contributed by atoms with Crippen LogP contribution >= 0.6 is 0 Å². The van der Waals surface area contributed by atoms with E-state index in [9.17, 15) is 4.79 Å². The monoisotopic (exact) mass is 259 g/mol. The molecule has 0 heterocycles. The average Bonchev–Trinajstić information content (AvgIpc) is 3.20. The molecule has 102 valence electrons. The van der Waals surface area contributed by atoms with Gasteiger partial charge in [-0.25, -0.2) is 0 Å². The van der Waals surface area contributed by atoms with Gasteiger partial charge in [-0.2, -0.15) is 0 Å². The van der Waals surface area contributed by atoms with E-state index < -0.39 is 5.97 Å². The lowest BCUT2D eigenvalue weighted by atomic mass is 9.93. The van der Waals surface area contributed by atoms with Gasteiger partial charge < -0.3 is 10.8 Å². The van der Waals surface area contributed by atoms with Gasteiger partial charge in [-0.15, -0.1) is 0 Å². The van der Waals surface area contributed by atoms with Crippen molar-refractivity contribution in [3.8, 4) is 0 Å². The van der Waals surface area contributed by atoms with E-state index in [1.807, 2.05) is 6.07 Å². The van der Waals surface area contributed by atoms with E-state index in [-0.39, 0.29) is 6.42 Å². The molecular formula is C16H21NO2. The summed E-state index contributed by atoms with van der Waals surface area (Å²) in [5, 5.41) is 9.01. The summed E-state index contributed by atoms with van der Waals surface area (Å²) in [5.74, 6) is -0.0595. The molecule has 0 bridgehead atoms. The van der Waals surface area contributed by atoms with E-state index in [2.05, 4.69) is 25.1 Å². The predicted octanol–water partition coefficient (Wildman–Crippen LogP) is 2.76. The van der Waals surface area contributed by atoms with Gasteiger partial charge in [0.1, 0.15) is 0 Å². The lowest BCUT2D eigenvalue weighted by molar-refractivity contribution is -0.136. The first-order valence-electron chi connectivity index (χ1n) is 6.88. The van der Waals surface area contributed by atoms with Crippen LogP contribution in [-0.4, -0.2) is 11.1 Å². The quantitative estimate of drug-likeness (QED) is 0.825. The van der Waals surface area contributed by atoms with Crippen molar-refractivity contribution in [2.24, 2.45) is 11.7 Å². The van der Waals surface area contributed by atoms with Crippen LogP contribution in [0.25, 0.3) is 6.08 Å². The van der Waals surface area contributed by atoms with Crippen LogP contribution in [0.5, 0.6) is 0 Å². The van der Waals surface area contributed by atoms with Crippen LogP contribution in [0.4, 0.5) is 0 Å². The molecule has 1 aromatic rings. The highest BCUT2D eigenvalue weighted by atomic mass is 16.4. The zero-order valence-corrected chi connectivity index (χ0v) is 11.4. The van der Waals surface area contributed by atoms with Gasteiger partial charge >= 0.3 is 5.97 Å². The Bertz CT molecular complexity index is 476. The minimum absolute atomic E-state index is 0.0579. The normalized spacial score (nSPS) is 15.1. The molecule has 0 spiro atoms. The second-order valence-electron chi connectivity index (χ2n) is 5.14. The number of aryl methyl sites for hydroxylation is 1. The third-order valence-electron chi connectivity index (χ3n) is 3.57. The van der Waals surface area contributed by atoms with Crippen molar-refractivity contribution in [3.63, 3.8) is 0 Å². The summed E-state index contributed by atoms with van der Waals surface area (Å²) in [4.78, 5) is 11.0. The maximum absolute atomic E-state index is 11.0. The zero-order chi connectivity index (χ0) is 13.8. The fraction of sp³-hybridized carbons (Fsp3) is 0.438. The second kappa shape index (κ2) is 6.02. The van der Waals surface area contributed by atoms with Crippen molar-refractivity contribution in [3.05, 3.63) is 40.5 Å². The lowest BCUT2D eigenvalue weighted by Gasteiger charge is -2.13. The summed E-state index contributed by atoms with van der Waals surface area (Å²) in [5.41, 5.74) is 9.85. The Morgan fingerprint density at radius 3 is 2.63 bits per heavy atom. The number of rotatable bonds is 6. The van der Waals surface area contributed by atoms with Crippen molar-refractivity contribution in [2.45, 2.75) is 39.2 Å². The number of allylic oxidation sites excluding steroid dienone is 1. The van der Waals surface area contributed by atoms with E-state index in [0.29, 0.717) is 6.54 Å². The van der Waals surface area contributed by atoms with Crippen LogP contribution in [0.1, 0.15) is 42.0 Å². The number of hydrogen-bond acceptors (Lipinski definition) is 2. The van der Waals surface area contributed by atoms with Crippen LogP contribution < -0.4 is 5.73 Å². The Morgan fingerprint density at radius 1 is 1.42 bits per heavy atom. The molecule has 3 nitrogen and oxygen atoms in total. The molecule has 1 saturated carbocycles. The topological polar surface area (TPSA) is 63.3 Å². The van der Waals surface area contributed by atoms with Crippen molar-refractivity contribution in [1.82, 2.24) is 0 Å². The molecule has 0 aromatic heterocycles. The molecule has 0 atom stereocenters. The predicted molar refractivity (Wildman–Crippen MR) is 76.8 cm³/mol. The number of nitrogens with two attached hydrogens (primary N) is 1. The van der Waals surface area contributed by atoms with Gasteiger partial charge in [-0.1, -0.05) is 31.2 Å². The Labute approximate surface area is 114 Å². The van der Waals surface area contributed by atoms with Crippen LogP contribution in [0.2, 0.25) is 0 Å². The average molecular weight is 259 g/mol. The molecule has 0 aliphatic heterocycles. The highest BCUT2D eigenvalue weighted by molar-refractivity contribution is 5.72. The van der Waals surface area contributed by atoms with Crippen molar-refractivity contribution in [2.75, 3.05) is 0 Å². The first-order chi connectivity index (χ1) is 9.13. The van der Waals surface area contributed by atoms with Crippen molar-refractivity contribution in [1.29, 1.82) is 0 Å². The fourth-order valence-electron chi connectivity index (χ4n) is 2.33. The lowest BCUT2D eigenvalue weighted by Crippen LogP contribution is -2.10. The number of benzene rings is 1. The Morgan fingerprint density at radius 2 is 2.11 bits per heavy atom. The number of carboxylic acids is 1. The molecule has 3 heteroatoms. The molecule has 0 saturated heterocycles. The van der Waals surface area contributed by atoms with Crippen LogP contribution in [0.3, 0.4) is 0 Å². The summed E-state index contributed by atoms with van der Waals surface area (Å²) < 4.78 is 0. The highest BCUT2D eigenvalue weighted by Crippen LogP contribution is 2.31. The van der Waals surface area contributed by atoms with E-state index >= 15 is 0 Å². The standard InChI is InChI=1S/C16H21NO2/c1-2-13-7-12(6-5-11-3-4-11)8-14(10-17)15(13)9-16(18)19/h5-8,11H,2-4,9-10,17H2,1H3,(H,18,19). The maximum atomic E-state index is 11.0. The molecule has 1 aliphatic rings. The van der Waals surface area contributed by atoms with Crippen molar-refractivity contribution >= 4 is 12.0 Å². The number of aliphatic carboxylic acids is 1. The maximum Gasteiger partial charge on any atom is 0.307 e. The Hall–Kier alpha value is -1.61. The summed E-state index contributed by atoms with van der Waals surface area (Å²) in [6, 6.07) is 4.12. The van der Waals surface area contributed by atoms with Gasteiger partial charge in [0.2, 0.25) is 0 Å². The third-order valence-corrected chi connectivity index (χ3v) is 3.57. The number of carboxylic acid groups (broad SMARTS) is 1. The zero-order valence-electron chi connectivity index (χ0n) is 11.4. The Kier molecular flexibility index (Phi) is 4.38. The smallest absolute Gasteiger partial charge is 0.307 e. The first-order valence-corrected chi connectivity index (χ1v) is 6.88. The van der Waals surface area contributed by atoms with Gasteiger partial charge in [-0.05, 0) is 47.4 Å². The summed E-state index contributed by atoms with van der Waals surface area (Å²) in [6.45, 7) is 2.44. The molecule has 2 rings (SSSR count). The molecule has 1 aromatic carbocycles. The van der Waals surface area contributed by atoms with Crippen molar-refractivity contribution < 1.29 is 9.90 Å². The molecule has 1 fully saturated rings. The second-order valence-corrected chi connectivity index (χ2v) is 5.14. The van der Waals surface area contributed by atoms with Gasteiger partial charge in [0.25, 0.3) is 0 Å². The molecule has 1 aliphatic carbocycles. The SMILES string of the molecule is CCc1cc(C=CC2CC2)cc(CN)c1CC(=O)O. The van der Waals surface area contributed by atoms with Crippen LogP contribution in [0, 0.1) is 5.92 Å². The van der Waals surface area contributed by atoms with E-state index in [0.717, 1.165) is 34.6 Å². The molecule has 19 heavy (non-hydrogen) atoms. The molecule has 3 N–H and O–H groups in total. The van der Waals surface area contributed by atoms with E-state index in [1.54, 1.807) is 0 Å². The molecule has 0 amide bonds. The first kappa shape index (κ1) is 13.8. The van der Waals surface area contributed by atoms with Crippen LogP contribution in [0.15, 0.2) is 18.2 Å². The van der Waals surface area contributed by atoms with E-state index in [4.69, 9.17) is 10.8 Å². The number of hydrogen-bond donors (Lipinski definition) is 2. The largest absolute Gasteiger partial charge is 0.481 e. The summed E-state index contributed by atoms with van der Waals surface area (Å²) in [7, 11) is 0. The fourth-order valence-corrected chi connectivity index (χ4v) is 2.33. The molecule has 0 radical (unpaired) electrons. The van der Waals surface area contributed by atoms with Gasteiger partial charge in [0.15, 0.2) is 0 Å². The highest BCUT2D eigenvalue weighted by Gasteiger charge is 2.17. The van der Waals surface area contributed by atoms with E-state index in [1.165, 1.54) is 12.8 Å². The van der Waals surface area contributed by atoms with Gasteiger partial charge in [0, 0.05) is 6.54 Å². The summed E-state index contributed by atoms with van der Waals surface area (Å²) >= 11 is 0.